The van der Waals surface area contributed by atoms with Crippen molar-refractivity contribution < 1.29 is 4.74 Å². The van der Waals surface area contributed by atoms with Crippen LogP contribution in [0.1, 0.15) is 11.1 Å². The fourth-order valence-corrected chi connectivity index (χ4v) is 3.25. The van der Waals surface area contributed by atoms with Crippen LogP contribution in [0.25, 0.3) is 10.8 Å². The van der Waals surface area contributed by atoms with E-state index in [1.807, 2.05) is 42.5 Å². The first-order valence-corrected chi connectivity index (χ1v) is 9.34. The quantitative estimate of drug-likeness (QED) is 0.406. The second-order valence-corrected chi connectivity index (χ2v) is 6.83. The summed E-state index contributed by atoms with van der Waals surface area (Å²) in [5, 5.41) is 6.62. The van der Waals surface area contributed by atoms with E-state index in [0.29, 0.717) is 13.2 Å². The Balaban J connectivity index is 1.61. The molecule has 3 heteroatoms. The summed E-state index contributed by atoms with van der Waals surface area (Å²) >= 11 is 5.98. The van der Waals surface area contributed by atoms with Gasteiger partial charge in [0, 0.05) is 22.8 Å². The van der Waals surface area contributed by atoms with Crippen molar-refractivity contribution >= 4 is 28.1 Å². The number of rotatable bonds is 6. The van der Waals surface area contributed by atoms with Crippen LogP contribution in [0.3, 0.4) is 0 Å². The Labute approximate surface area is 164 Å². The molecule has 0 bridgehead atoms. The minimum Gasteiger partial charge on any atom is -0.489 e. The molecular weight excluding hydrogens is 354 g/mol. The molecule has 0 fully saturated rings. The molecule has 2 nitrogen and oxygen atoms in total. The Morgan fingerprint density at radius 3 is 2.30 bits per heavy atom. The lowest BCUT2D eigenvalue weighted by Crippen LogP contribution is -2.04. The van der Waals surface area contributed by atoms with Crippen molar-refractivity contribution in [1.29, 1.82) is 0 Å². The van der Waals surface area contributed by atoms with Gasteiger partial charge < -0.3 is 10.1 Å². The first-order chi connectivity index (χ1) is 13.3. The van der Waals surface area contributed by atoms with E-state index in [0.717, 1.165) is 27.6 Å². The molecule has 0 unspecified atom stereocenters. The summed E-state index contributed by atoms with van der Waals surface area (Å²) in [6.45, 7) is 1.22. The number of ether oxygens (including phenoxy) is 1. The van der Waals surface area contributed by atoms with Gasteiger partial charge in [0.05, 0.1) is 0 Å². The highest BCUT2D eigenvalue weighted by Crippen LogP contribution is 2.30. The van der Waals surface area contributed by atoms with Crippen LogP contribution in [-0.2, 0) is 13.2 Å². The highest BCUT2D eigenvalue weighted by Gasteiger charge is 2.09. The first-order valence-electron chi connectivity index (χ1n) is 8.96. The average molecular weight is 374 g/mol. The van der Waals surface area contributed by atoms with Crippen LogP contribution in [0.5, 0.6) is 5.75 Å². The van der Waals surface area contributed by atoms with Crippen LogP contribution < -0.4 is 10.1 Å². The van der Waals surface area contributed by atoms with Gasteiger partial charge in [0.15, 0.2) is 0 Å². The number of benzene rings is 4. The number of nitrogens with one attached hydrogen (secondary N) is 1. The molecule has 0 saturated heterocycles. The molecule has 0 aliphatic rings. The van der Waals surface area contributed by atoms with Gasteiger partial charge in [-0.2, -0.15) is 0 Å². The van der Waals surface area contributed by atoms with E-state index in [9.17, 15) is 0 Å². The van der Waals surface area contributed by atoms with Gasteiger partial charge in [-0.05, 0) is 46.7 Å². The normalized spacial score (nSPS) is 10.7. The van der Waals surface area contributed by atoms with E-state index in [1.165, 1.54) is 10.8 Å². The van der Waals surface area contributed by atoms with Gasteiger partial charge in [-0.1, -0.05) is 72.3 Å². The molecule has 0 saturated carbocycles. The van der Waals surface area contributed by atoms with Crippen molar-refractivity contribution in [3.63, 3.8) is 0 Å². The molecule has 27 heavy (non-hydrogen) atoms. The molecule has 4 rings (SSSR count). The Morgan fingerprint density at radius 2 is 1.48 bits per heavy atom. The van der Waals surface area contributed by atoms with Crippen molar-refractivity contribution in [3.8, 4) is 5.75 Å². The van der Waals surface area contributed by atoms with Gasteiger partial charge in [0.1, 0.15) is 12.4 Å². The minimum atomic E-state index is 0.549. The lowest BCUT2D eigenvalue weighted by molar-refractivity contribution is 0.304. The topological polar surface area (TPSA) is 21.3 Å². The highest BCUT2D eigenvalue weighted by molar-refractivity contribution is 6.30. The zero-order chi connectivity index (χ0) is 18.5. The molecule has 0 aromatic heterocycles. The van der Waals surface area contributed by atoms with Crippen LogP contribution in [-0.4, -0.2) is 0 Å². The summed E-state index contributed by atoms with van der Waals surface area (Å²) in [5.41, 5.74) is 3.34. The maximum Gasteiger partial charge on any atom is 0.125 e. The van der Waals surface area contributed by atoms with Gasteiger partial charge in [0.25, 0.3) is 0 Å². The fourth-order valence-electron chi connectivity index (χ4n) is 3.13. The zero-order valence-corrected chi connectivity index (χ0v) is 15.6. The van der Waals surface area contributed by atoms with Gasteiger partial charge >= 0.3 is 0 Å². The van der Waals surface area contributed by atoms with Crippen LogP contribution in [0.4, 0.5) is 5.69 Å². The van der Waals surface area contributed by atoms with E-state index in [-0.39, 0.29) is 0 Å². The standard InChI is InChI=1S/C24H20ClNO/c25-20-11-13-21(14-12-20)26-16-23-22-9-5-4-8-19(22)10-15-24(23)27-17-18-6-2-1-3-7-18/h1-15,26H,16-17H2. The summed E-state index contributed by atoms with van der Waals surface area (Å²) < 4.78 is 6.18. The third-order valence-corrected chi connectivity index (χ3v) is 4.80. The lowest BCUT2D eigenvalue weighted by atomic mass is 10.0. The third-order valence-electron chi connectivity index (χ3n) is 4.55. The predicted molar refractivity (Wildman–Crippen MR) is 114 cm³/mol. The van der Waals surface area contributed by atoms with Crippen molar-refractivity contribution in [1.82, 2.24) is 0 Å². The van der Waals surface area contributed by atoms with Crippen LogP contribution in [0, 0.1) is 0 Å². The maximum absolute atomic E-state index is 6.18. The number of anilines is 1. The van der Waals surface area contributed by atoms with Gasteiger partial charge in [0.2, 0.25) is 0 Å². The molecule has 0 amide bonds. The lowest BCUT2D eigenvalue weighted by Gasteiger charge is -2.16. The number of hydrogen-bond donors (Lipinski definition) is 1. The molecule has 0 atom stereocenters. The Morgan fingerprint density at radius 1 is 0.741 bits per heavy atom. The summed E-state index contributed by atoms with van der Waals surface area (Å²) in [6.07, 6.45) is 0. The van der Waals surface area contributed by atoms with E-state index in [4.69, 9.17) is 16.3 Å². The Hall–Kier alpha value is -2.97. The van der Waals surface area contributed by atoms with Crippen molar-refractivity contribution in [2.45, 2.75) is 13.2 Å². The second-order valence-electron chi connectivity index (χ2n) is 6.40. The molecule has 4 aromatic carbocycles. The van der Waals surface area contributed by atoms with E-state index in [1.54, 1.807) is 0 Å². The SMILES string of the molecule is Clc1ccc(NCc2c(OCc3ccccc3)ccc3ccccc23)cc1. The summed E-state index contributed by atoms with van der Waals surface area (Å²) in [6, 6.07) is 30.5. The molecule has 1 N–H and O–H groups in total. The summed E-state index contributed by atoms with van der Waals surface area (Å²) in [4.78, 5) is 0. The van der Waals surface area contributed by atoms with E-state index < -0.39 is 0 Å². The molecule has 134 valence electrons. The first kappa shape index (κ1) is 17.4. The average Bonchev–Trinajstić information content (AvgIpc) is 2.73. The van der Waals surface area contributed by atoms with E-state index >= 15 is 0 Å². The van der Waals surface area contributed by atoms with Gasteiger partial charge in [-0.3, -0.25) is 0 Å². The molecular formula is C24H20ClNO. The van der Waals surface area contributed by atoms with E-state index in [2.05, 4.69) is 53.8 Å². The molecule has 0 heterocycles. The smallest absolute Gasteiger partial charge is 0.125 e. The van der Waals surface area contributed by atoms with Gasteiger partial charge in [-0.15, -0.1) is 0 Å². The van der Waals surface area contributed by atoms with Crippen molar-refractivity contribution in [2.24, 2.45) is 0 Å². The molecule has 0 radical (unpaired) electrons. The highest BCUT2D eigenvalue weighted by atomic mass is 35.5. The molecule has 4 aromatic rings. The zero-order valence-electron chi connectivity index (χ0n) is 14.9. The second kappa shape index (κ2) is 8.15. The minimum absolute atomic E-state index is 0.549. The van der Waals surface area contributed by atoms with Crippen molar-refractivity contribution in [3.05, 3.63) is 107 Å². The summed E-state index contributed by atoms with van der Waals surface area (Å²) in [5.74, 6) is 0.902. The van der Waals surface area contributed by atoms with Crippen molar-refractivity contribution in [2.75, 3.05) is 5.32 Å². The van der Waals surface area contributed by atoms with Crippen LogP contribution >= 0.6 is 11.6 Å². The number of halogens is 1. The molecule has 0 spiro atoms. The maximum atomic E-state index is 6.18. The third kappa shape index (κ3) is 4.24. The Kier molecular flexibility index (Phi) is 5.27. The van der Waals surface area contributed by atoms with Crippen LogP contribution in [0.2, 0.25) is 5.02 Å². The molecule has 0 aliphatic heterocycles. The number of fused-ring (bicyclic) bond motifs is 1. The van der Waals surface area contributed by atoms with Gasteiger partial charge in [-0.25, -0.2) is 0 Å². The molecule has 0 aliphatic carbocycles. The summed E-state index contributed by atoms with van der Waals surface area (Å²) in [7, 11) is 0. The fraction of sp³-hybridized carbons (Fsp3) is 0.0833. The predicted octanol–water partition coefficient (Wildman–Crippen LogP) is 6.68. The largest absolute Gasteiger partial charge is 0.489 e. The van der Waals surface area contributed by atoms with Crippen LogP contribution in [0.15, 0.2) is 91.0 Å². The number of hydrogen-bond acceptors (Lipinski definition) is 2. The Bertz CT molecular complexity index is 1030. The monoisotopic (exact) mass is 373 g/mol.